The van der Waals surface area contributed by atoms with Crippen molar-refractivity contribution in [3.05, 3.63) is 63.8 Å². The zero-order valence-electron chi connectivity index (χ0n) is 13.6. The quantitative estimate of drug-likeness (QED) is 0.929. The SMILES string of the molecule is CC(C)c1cc(=O)n(C[C@](C)(O)c2cccc(C(F)(F)F)c2)cn1. The molecule has 0 saturated carbocycles. The first-order valence-corrected chi connectivity index (χ1v) is 7.47. The molecule has 0 fully saturated rings. The lowest BCUT2D eigenvalue weighted by atomic mass is 9.94. The van der Waals surface area contributed by atoms with E-state index in [-0.39, 0.29) is 23.6 Å². The molecule has 1 aromatic carbocycles. The van der Waals surface area contributed by atoms with Gasteiger partial charge in [0, 0.05) is 6.07 Å². The molecule has 2 aromatic rings. The molecule has 0 amide bonds. The molecule has 0 spiro atoms. The third-order valence-corrected chi connectivity index (χ3v) is 3.78. The van der Waals surface area contributed by atoms with Crippen LogP contribution in [0.15, 0.2) is 41.5 Å². The Hall–Kier alpha value is -2.15. The predicted octanol–water partition coefficient (Wildman–Crippen LogP) is 3.29. The summed E-state index contributed by atoms with van der Waals surface area (Å²) >= 11 is 0. The van der Waals surface area contributed by atoms with Crippen molar-refractivity contribution in [1.29, 1.82) is 0 Å². The van der Waals surface area contributed by atoms with Gasteiger partial charge in [0.2, 0.25) is 0 Å². The van der Waals surface area contributed by atoms with Crippen LogP contribution < -0.4 is 5.56 Å². The standard InChI is InChI=1S/C17H19F3N2O2/c1-11(2)14-8-15(23)22(10-21-14)9-16(3,24)12-5-4-6-13(7-12)17(18,19)20/h4-8,10-11,24H,9H2,1-3H3/t16-/m0/s1. The summed E-state index contributed by atoms with van der Waals surface area (Å²) in [6.45, 7) is 4.96. The van der Waals surface area contributed by atoms with Crippen LogP contribution in [0.2, 0.25) is 0 Å². The van der Waals surface area contributed by atoms with Gasteiger partial charge in [0.05, 0.1) is 24.1 Å². The van der Waals surface area contributed by atoms with E-state index in [2.05, 4.69) is 4.98 Å². The van der Waals surface area contributed by atoms with Crippen LogP contribution >= 0.6 is 0 Å². The van der Waals surface area contributed by atoms with Gasteiger partial charge in [-0.25, -0.2) is 4.98 Å². The van der Waals surface area contributed by atoms with Gasteiger partial charge in [-0.3, -0.25) is 9.36 Å². The third kappa shape index (κ3) is 4.03. The van der Waals surface area contributed by atoms with E-state index in [0.717, 1.165) is 12.1 Å². The van der Waals surface area contributed by atoms with Crippen LogP contribution in [0.25, 0.3) is 0 Å². The summed E-state index contributed by atoms with van der Waals surface area (Å²) in [5, 5.41) is 10.6. The lowest BCUT2D eigenvalue weighted by Crippen LogP contribution is -2.33. The Labute approximate surface area is 137 Å². The Balaban J connectivity index is 2.34. The maximum absolute atomic E-state index is 12.8. The number of hydrogen-bond acceptors (Lipinski definition) is 3. The minimum absolute atomic E-state index is 0.0799. The van der Waals surface area contributed by atoms with Crippen LogP contribution in [0.4, 0.5) is 13.2 Å². The van der Waals surface area contributed by atoms with Crippen molar-refractivity contribution < 1.29 is 18.3 Å². The second-order valence-corrected chi connectivity index (χ2v) is 6.29. The van der Waals surface area contributed by atoms with E-state index in [1.807, 2.05) is 13.8 Å². The van der Waals surface area contributed by atoms with Gasteiger partial charge in [-0.2, -0.15) is 13.2 Å². The highest BCUT2D eigenvalue weighted by Gasteiger charge is 2.33. The van der Waals surface area contributed by atoms with Crippen molar-refractivity contribution in [2.45, 2.75) is 45.0 Å². The Kier molecular flexibility index (Phi) is 4.85. The fraction of sp³-hybridized carbons (Fsp3) is 0.412. The van der Waals surface area contributed by atoms with Crippen molar-refractivity contribution in [2.24, 2.45) is 0 Å². The normalized spacial score (nSPS) is 14.7. The van der Waals surface area contributed by atoms with Crippen LogP contribution in [0.1, 0.15) is 43.5 Å². The first kappa shape index (κ1) is 18.2. The van der Waals surface area contributed by atoms with Crippen LogP contribution in [0, 0.1) is 0 Å². The van der Waals surface area contributed by atoms with E-state index in [1.54, 1.807) is 0 Å². The molecule has 2 rings (SSSR count). The zero-order chi connectivity index (χ0) is 18.1. The highest BCUT2D eigenvalue weighted by Crippen LogP contribution is 2.32. The molecule has 0 radical (unpaired) electrons. The molecule has 0 unspecified atom stereocenters. The number of rotatable bonds is 4. The van der Waals surface area contributed by atoms with Crippen molar-refractivity contribution in [1.82, 2.24) is 9.55 Å². The molecular formula is C17H19F3N2O2. The van der Waals surface area contributed by atoms with Gasteiger partial charge in [-0.15, -0.1) is 0 Å². The molecule has 0 bridgehead atoms. The molecule has 1 atom stereocenters. The number of nitrogens with zero attached hydrogens (tertiary/aromatic N) is 2. The summed E-state index contributed by atoms with van der Waals surface area (Å²) in [5.74, 6) is 0.0799. The fourth-order valence-corrected chi connectivity index (χ4v) is 2.33. The molecule has 7 heteroatoms. The van der Waals surface area contributed by atoms with Gasteiger partial charge in [-0.1, -0.05) is 26.0 Å². The molecule has 130 valence electrons. The second-order valence-electron chi connectivity index (χ2n) is 6.29. The fourth-order valence-electron chi connectivity index (χ4n) is 2.33. The average Bonchev–Trinajstić information content (AvgIpc) is 2.48. The lowest BCUT2D eigenvalue weighted by molar-refractivity contribution is -0.137. The minimum atomic E-state index is -4.50. The molecular weight excluding hydrogens is 321 g/mol. The van der Waals surface area contributed by atoms with Crippen molar-refractivity contribution >= 4 is 0 Å². The second kappa shape index (κ2) is 6.39. The van der Waals surface area contributed by atoms with Crippen molar-refractivity contribution in [2.75, 3.05) is 0 Å². The van der Waals surface area contributed by atoms with Gasteiger partial charge >= 0.3 is 6.18 Å². The minimum Gasteiger partial charge on any atom is -0.384 e. The maximum Gasteiger partial charge on any atom is 0.416 e. The van der Waals surface area contributed by atoms with Crippen LogP contribution in [-0.2, 0) is 18.3 Å². The topological polar surface area (TPSA) is 55.1 Å². The summed E-state index contributed by atoms with van der Waals surface area (Å²) < 4.78 is 39.6. The molecule has 1 N–H and O–H groups in total. The first-order valence-electron chi connectivity index (χ1n) is 7.47. The number of benzene rings is 1. The Morgan fingerprint density at radius 2 is 1.83 bits per heavy atom. The lowest BCUT2D eigenvalue weighted by Gasteiger charge is -2.25. The average molecular weight is 340 g/mol. The summed E-state index contributed by atoms with van der Waals surface area (Å²) in [7, 11) is 0. The van der Waals surface area contributed by atoms with Crippen LogP contribution in [0.5, 0.6) is 0 Å². The Morgan fingerprint density at radius 3 is 2.38 bits per heavy atom. The number of halogens is 3. The summed E-state index contributed by atoms with van der Waals surface area (Å²) in [6.07, 6.45) is -3.19. The summed E-state index contributed by atoms with van der Waals surface area (Å²) in [6, 6.07) is 5.82. The third-order valence-electron chi connectivity index (χ3n) is 3.78. The van der Waals surface area contributed by atoms with E-state index in [4.69, 9.17) is 0 Å². The highest BCUT2D eigenvalue weighted by atomic mass is 19.4. The highest BCUT2D eigenvalue weighted by molar-refractivity contribution is 5.29. The van der Waals surface area contributed by atoms with Gasteiger partial charge in [0.25, 0.3) is 5.56 Å². The van der Waals surface area contributed by atoms with E-state index in [9.17, 15) is 23.1 Å². The van der Waals surface area contributed by atoms with Crippen LogP contribution in [0.3, 0.4) is 0 Å². The van der Waals surface area contributed by atoms with Crippen LogP contribution in [-0.4, -0.2) is 14.7 Å². The number of alkyl halides is 3. The monoisotopic (exact) mass is 340 g/mol. The molecule has 0 aliphatic rings. The van der Waals surface area contributed by atoms with Gasteiger partial charge in [-0.05, 0) is 30.5 Å². The Morgan fingerprint density at radius 1 is 1.21 bits per heavy atom. The predicted molar refractivity (Wildman–Crippen MR) is 83.6 cm³/mol. The number of hydrogen-bond donors (Lipinski definition) is 1. The first-order chi connectivity index (χ1) is 11.0. The number of aliphatic hydroxyl groups is 1. The van der Waals surface area contributed by atoms with E-state index in [1.165, 1.54) is 36.0 Å². The van der Waals surface area contributed by atoms with Crippen molar-refractivity contribution in [3.63, 3.8) is 0 Å². The summed E-state index contributed by atoms with van der Waals surface area (Å²) in [4.78, 5) is 16.3. The molecule has 24 heavy (non-hydrogen) atoms. The van der Waals surface area contributed by atoms with E-state index >= 15 is 0 Å². The number of aromatic nitrogens is 2. The van der Waals surface area contributed by atoms with Gasteiger partial charge in [0.1, 0.15) is 5.60 Å². The Bertz CT molecular complexity index is 780. The van der Waals surface area contributed by atoms with Gasteiger partial charge < -0.3 is 5.11 Å². The molecule has 4 nitrogen and oxygen atoms in total. The maximum atomic E-state index is 12.8. The molecule has 1 aromatic heterocycles. The van der Waals surface area contributed by atoms with E-state index < -0.39 is 17.3 Å². The molecule has 0 aliphatic carbocycles. The van der Waals surface area contributed by atoms with Gasteiger partial charge in [0.15, 0.2) is 0 Å². The zero-order valence-corrected chi connectivity index (χ0v) is 13.6. The smallest absolute Gasteiger partial charge is 0.384 e. The van der Waals surface area contributed by atoms with E-state index in [0.29, 0.717) is 5.69 Å². The molecule has 1 heterocycles. The molecule has 0 aliphatic heterocycles. The van der Waals surface area contributed by atoms with Crippen molar-refractivity contribution in [3.8, 4) is 0 Å². The molecule has 0 saturated heterocycles. The largest absolute Gasteiger partial charge is 0.416 e. The summed E-state index contributed by atoms with van der Waals surface area (Å²) in [5.41, 5.74) is -2.15.